The van der Waals surface area contributed by atoms with E-state index in [0.29, 0.717) is 5.56 Å². The van der Waals surface area contributed by atoms with Crippen LogP contribution < -0.4 is 5.32 Å². The van der Waals surface area contributed by atoms with Gasteiger partial charge in [-0.25, -0.2) is 0 Å². The summed E-state index contributed by atoms with van der Waals surface area (Å²) >= 11 is 18.6. The quantitative estimate of drug-likeness (QED) is 0.445. The monoisotopic (exact) mass is 429 g/mol. The molecule has 0 bridgehead atoms. The Morgan fingerprint density at radius 3 is 1.68 bits per heavy atom. The first-order chi connectivity index (χ1) is 13.4. The summed E-state index contributed by atoms with van der Waals surface area (Å²) in [4.78, 5) is 38.8. The maximum atomic E-state index is 13.2. The van der Waals surface area contributed by atoms with E-state index in [9.17, 15) is 14.4 Å². The van der Waals surface area contributed by atoms with Crippen LogP contribution in [-0.2, 0) is 0 Å². The van der Waals surface area contributed by atoms with Gasteiger partial charge in [-0.05, 0) is 36.4 Å². The fourth-order valence-corrected chi connectivity index (χ4v) is 3.90. The second-order valence-corrected chi connectivity index (χ2v) is 7.32. The Kier molecular flexibility index (Phi) is 4.71. The van der Waals surface area contributed by atoms with Crippen molar-refractivity contribution >= 4 is 58.0 Å². The van der Waals surface area contributed by atoms with Gasteiger partial charge in [-0.15, -0.1) is 0 Å². The summed E-state index contributed by atoms with van der Waals surface area (Å²) in [7, 11) is 0. The van der Waals surface area contributed by atoms with Gasteiger partial charge in [-0.3, -0.25) is 14.4 Å². The van der Waals surface area contributed by atoms with Gasteiger partial charge in [-0.2, -0.15) is 0 Å². The molecule has 0 unspecified atom stereocenters. The number of rotatable bonds is 2. The summed E-state index contributed by atoms with van der Waals surface area (Å²) in [6.07, 6.45) is 0. The molecule has 0 aliphatic heterocycles. The molecule has 3 aromatic rings. The maximum absolute atomic E-state index is 13.2. The molecule has 0 spiro atoms. The summed E-state index contributed by atoms with van der Waals surface area (Å²) in [5, 5.41) is 2.98. The zero-order chi connectivity index (χ0) is 20.0. The first kappa shape index (κ1) is 18.7. The predicted octanol–water partition coefficient (Wildman–Crippen LogP) is 5.67. The maximum Gasteiger partial charge on any atom is 0.255 e. The molecule has 0 atom stereocenters. The van der Waals surface area contributed by atoms with Crippen LogP contribution in [0.5, 0.6) is 0 Å². The van der Waals surface area contributed by atoms with Gasteiger partial charge in [-0.1, -0.05) is 53.0 Å². The molecular formula is C21H10Cl3NO3. The molecule has 7 heteroatoms. The van der Waals surface area contributed by atoms with Crippen LogP contribution in [-0.4, -0.2) is 17.5 Å². The van der Waals surface area contributed by atoms with E-state index in [2.05, 4.69) is 5.32 Å². The third-order valence-electron chi connectivity index (χ3n) is 4.45. The van der Waals surface area contributed by atoms with E-state index in [0.717, 1.165) is 0 Å². The predicted molar refractivity (Wildman–Crippen MR) is 109 cm³/mol. The number of anilines is 1. The fourth-order valence-electron chi connectivity index (χ4n) is 3.17. The first-order valence-electron chi connectivity index (χ1n) is 8.16. The molecule has 28 heavy (non-hydrogen) atoms. The summed E-state index contributed by atoms with van der Waals surface area (Å²) in [5.41, 5.74) is 0.590. The fraction of sp³-hybridized carbons (Fsp3) is 0. The van der Waals surface area contributed by atoms with Crippen molar-refractivity contribution < 1.29 is 14.4 Å². The van der Waals surface area contributed by atoms with Gasteiger partial charge in [0.25, 0.3) is 5.91 Å². The number of fused-ring (bicyclic) bond motifs is 2. The van der Waals surface area contributed by atoms with Crippen LogP contribution in [0.25, 0.3) is 0 Å². The van der Waals surface area contributed by atoms with Gasteiger partial charge in [0.05, 0.1) is 43.0 Å². The molecule has 1 N–H and O–H groups in total. The van der Waals surface area contributed by atoms with Gasteiger partial charge in [0, 0.05) is 5.56 Å². The van der Waals surface area contributed by atoms with Gasteiger partial charge in [0.15, 0.2) is 11.6 Å². The van der Waals surface area contributed by atoms with Crippen molar-refractivity contribution in [3.63, 3.8) is 0 Å². The number of hydrogen-bond acceptors (Lipinski definition) is 3. The molecule has 0 aromatic heterocycles. The second kappa shape index (κ2) is 7.06. The van der Waals surface area contributed by atoms with Crippen LogP contribution in [0.4, 0.5) is 5.69 Å². The molecule has 1 aliphatic carbocycles. The lowest BCUT2D eigenvalue weighted by Gasteiger charge is -2.23. The highest BCUT2D eigenvalue weighted by Crippen LogP contribution is 2.41. The van der Waals surface area contributed by atoms with E-state index in [1.807, 2.05) is 0 Å². The van der Waals surface area contributed by atoms with E-state index in [1.54, 1.807) is 30.3 Å². The van der Waals surface area contributed by atoms with E-state index in [1.165, 1.54) is 24.3 Å². The Balaban J connectivity index is 1.88. The molecule has 4 rings (SSSR count). The molecule has 138 valence electrons. The smallest absolute Gasteiger partial charge is 0.255 e. The number of carbonyl (C=O) groups is 3. The average molecular weight is 431 g/mol. The molecule has 1 amide bonds. The Morgan fingerprint density at radius 1 is 0.643 bits per heavy atom. The van der Waals surface area contributed by atoms with Crippen LogP contribution >= 0.6 is 34.8 Å². The molecule has 0 heterocycles. The largest absolute Gasteiger partial charge is 0.321 e. The molecule has 0 saturated carbocycles. The van der Waals surface area contributed by atoms with Crippen molar-refractivity contribution in [1.29, 1.82) is 0 Å². The summed E-state index contributed by atoms with van der Waals surface area (Å²) in [6.45, 7) is 0. The molecule has 4 nitrogen and oxygen atoms in total. The zero-order valence-corrected chi connectivity index (χ0v) is 16.3. The molecule has 0 radical (unpaired) electrons. The number of benzene rings is 3. The van der Waals surface area contributed by atoms with Crippen LogP contribution in [0, 0.1) is 0 Å². The highest BCUT2D eigenvalue weighted by atomic mass is 35.5. The summed E-state index contributed by atoms with van der Waals surface area (Å²) in [5.74, 6) is -1.46. The molecular weight excluding hydrogens is 421 g/mol. The highest BCUT2D eigenvalue weighted by Gasteiger charge is 2.37. The first-order valence-corrected chi connectivity index (χ1v) is 9.30. The van der Waals surface area contributed by atoms with E-state index in [-0.39, 0.29) is 43.0 Å². The Morgan fingerprint density at radius 2 is 1.11 bits per heavy atom. The third kappa shape index (κ3) is 2.90. The van der Waals surface area contributed by atoms with Crippen molar-refractivity contribution in [1.82, 2.24) is 0 Å². The minimum Gasteiger partial charge on any atom is -0.321 e. The van der Waals surface area contributed by atoms with Crippen molar-refractivity contribution in [2.45, 2.75) is 0 Å². The Labute approximate surface area is 175 Å². The topological polar surface area (TPSA) is 63.2 Å². The van der Waals surface area contributed by atoms with E-state index in [4.69, 9.17) is 34.8 Å². The highest BCUT2D eigenvalue weighted by molar-refractivity contribution is 6.46. The van der Waals surface area contributed by atoms with Crippen LogP contribution in [0.1, 0.15) is 42.2 Å². The summed E-state index contributed by atoms with van der Waals surface area (Å²) in [6, 6.07) is 14.3. The van der Waals surface area contributed by atoms with Crippen LogP contribution in [0.2, 0.25) is 15.1 Å². The van der Waals surface area contributed by atoms with Crippen molar-refractivity contribution in [3.8, 4) is 0 Å². The number of halogens is 3. The van der Waals surface area contributed by atoms with Crippen LogP contribution in [0.15, 0.2) is 54.6 Å². The normalized spacial score (nSPS) is 12.4. The second-order valence-electron chi connectivity index (χ2n) is 6.10. The molecule has 1 aliphatic rings. The minimum absolute atomic E-state index is 0.00144. The van der Waals surface area contributed by atoms with E-state index < -0.39 is 17.5 Å². The lowest BCUT2D eigenvalue weighted by Crippen LogP contribution is -2.25. The van der Waals surface area contributed by atoms with Gasteiger partial charge < -0.3 is 5.32 Å². The van der Waals surface area contributed by atoms with Crippen molar-refractivity contribution in [2.24, 2.45) is 0 Å². The molecule has 0 saturated heterocycles. The number of carbonyl (C=O) groups excluding carboxylic acids is 3. The van der Waals surface area contributed by atoms with Crippen molar-refractivity contribution in [3.05, 3.63) is 97.5 Å². The minimum atomic E-state index is -0.525. The SMILES string of the molecule is O=C(Nc1ccc(Cl)c2c1C(=O)c1c(Cl)ccc(Cl)c1C2=O)c1ccccc1. The number of nitrogens with one attached hydrogen (secondary N) is 1. The molecule has 3 aromatic carbocycles. The van der Waals surface area contributed by atoms with Crippen LogP contribution in [0.3, 0.4) is 0 Å². The number of ketones is 2. The third-order valence-corrected chi connectivity index (χ3v) is 5.40. The van der Waals surface area contributed by atoms with Gasteiger partial charge >= 0.3 is 0 Å². The standard InChI is InChI=1S/C21H10Cl3NO3/c22-11-6-7-12(23)16-15(11)19(26)17-13(24)8-9-14(18(17)20(16)27)25-21(28)10-4-2-1-3-5-10/h1-9H,(H,25,28). The lowest BCUT2D eigenvalue weighted by molar-refractivity contribution is 0.0979. The van der Waals surface area contributed by atoms with Gasteiger partial charge in [0.1, 0.15) is 0 Å². The number of hydrogen-bond donors (Lipinski definition) is 1. The van der Waals surface area contributed by atoms with E-state index >= 15 is 0 Å². The van der Waals surface area contributed by atoms with Gasteiger partial charge in [0.2, 0.25) is 0 Å². The Bertz CT molecular complexity index is 1170. The van der Waals surface area contributed by atoms with Crippen molar-refractivity contribution in [2.75, 3.05) is 5.32 Å². The zero-order valence-electron chi connectivity index (χ0n) is 14.1. The molecule has 0 fully saturated rings. The lowest BCUT2D eigenvalue weighted by atomic mass is 9.83. The number of amides is 1. The Hall–Kier alpha value is -2.66. The summed E-state index contributed by atoms with van der Waals surface area (Å²) < 4.78 is 0. The average Bonchev–Trinajstić information content (AvgIpc) is 2.69.